The van der Waals surface area contributed by atoms with Crippen LogP contribution >= 0.6 is 23.2 Å². The molecule has 3 aromatic carbocycles. The fourth-order valence-corrected chi connectivity index (χ4v) is 3.56. The van der Waals surface area contributed by atoms with Gasteiger partial charge in [0.2, 0.25) is 0 Å². The Morgan fingerprint density at radius 2 is 1.24 bits per heavy atom. The van der Waals surface area contributed by atoms with Crippen molar-refractivity contribution in [3.05, 3.63) is 83.9 Å². The molecule has 0 aromatic heterocycles. The van der Waals surface area contributed by atoms with Gasteiger partial charge in [-0.1, -0.05) is 56.7 Å². The SMILES string of the molecule is CC[C@H](C)COC(=O)c1ccc(-c2ccc(OC(=O)[C@@H](Cl)Cc3ccc(OC(=O)[C@H](C)Cl)cc3)cc2)cc1. The Balaban J connectivity index is 1.52. The number of carbonyl (C=O) groups is 3. The van der Waals surface area contributed by atoms with E-state index in [1.165, 1.54) is 6.92 Å². The van der Waals surface area contributed by atoms with Crippen LogP contribution in [0.4, 0.5) is 0 Å². The number of esters is 3. The Labute approximate surface area is 232 Å². The largest absolute Gasteiger partial charge is 0.462 e. The lowest BCUT2D eigenvalue weighted by atomic mass is 10.0. The molecule has 38 heavy (non-hydrogen) atoms. The maximum atomic E-state index is 12.5. The molecule has 3 rings (SSSR count). The number of ether oxygens (including phenoxy) is 3. The zero-order chi connectivity index (χ0) is 27.7. The van der Waals surface area contributed by atoms with Crippen molar-refractivity contribution in [1.29, 1.82) is 0 Å². The molecule has 0 aliphatic rings. The zero-order valence-corrected chi connectivity index (χ0v) is 23.0. The number of halogens is 2. The van der Waals surface area contributed by atoms with Crippen molar-refractivity contribution in [2.75, 3.05) is 6.61 Å². The van der Waals surface area contributed by atoms with Crippen LogP contribution in [0.3, 0.4) is 0 Å². The summed E-state index contributed by atoms with van der Waals surface area (Å²) in [5.41, 5.74) is 3.08. The van der Waals surface area contributed by atoms with Crippen LogP contribution in [-0.4, -0.2) is 35.3 Å². The van der Waals surface area contributed by atoms with Crippen molar-refractivity contribution in [2.45, 2.75) is 44.4 Å². The minimum atomic E-state index is -0.904. The van der Waals surface area contributed by atoms with E-state index in [1.807, 2.05) is 31.2 Å². The van der Waals surface area contributed by atoms with Gasteiger partial charge in [0.25, 0.3) is 0 Å². The summed E-state index contributed by atoms with van der Waals surface area (Å²) in [6, 6.07) is 20.8. The molecule has 0 aliphatic heterocycles. The first kappa shape index (κ1) is 29.2. The quantitative estimate of drug-likeness (QED) is 0.146. The Hall–Kier alpha value is -3.35. The van der Waals surface area contributed by atoms with Gasteiger partial charge in [-0.05, 0) is 72.4 Å². The molecule has 3 aromatic rings. The first-order chi connectivity index (χ1) is 18.2. The molecule has 0 bridgehead atoms. The van der Waals surface area contributed by atoms with Gasteiger partial charge in [-0.2, -0.15) is 0 Å². The maximum Gasteiger partial charge on any atom is 0.338 e. The van der Waals surface area contributed by atoms with Gasteiger partial charge in [0.1, 0.15) is 22.3 Å². The Kier molecular flexibility index (Phi) is 10.7. The molecule has 0 spiro atoms. The molecular formula is C30H30Cl2O6. The molecule has 0 saturated heterocycles. The van der Waals surface area contributed by atoms with Crippen LogP contribution < -0.4 is 9.47 Å². The van der Waals surface area contributed by atoms with E-state index in [4.69, 9.17) is 37.4 Å². The van der Waals surface area contributed by atoms with Crippen molar-refractivity contribution >= 4 is 41.1 Å². The number of hydrogen-bond donors (Lipinski definition) is 0. The van der Waals surface area contributed by atoms with E-state index < -0.39 is 22.7 Å². The van der Waals surface area contributed by atoms with E-state index in [0.717, 1.165) is 23.1 Å². The lowest BCUT2D eigenvalue weighted by molar-refractivity contribution is -0.134. The molecule has 0 radical (unpaired) electrons. The third-order valence-electron chi connectivity index (χ3n) is 5.86. The second-order valence-corrected chi connectivity index (χ2v) is 10.2. The van der Waals surface area contributed by atoms with Crippen molar-refractivity contribution in [1.82, 2.24) is 0 Å². The highest BCUT2D eigenvalue weighted by Crippen LogP contribution is 2.24. The Morgan fingerprint density at radius 3 is 1.76 bits per heavy atom. The molecule has 200 valence electrons. The van der Waals surface area contributed by atoms with E-state index in [0.29, 0.717) is 29.6 Å². The number of hydrogen-bond acceptors (Lipinski definition) is 6. The predicted molar refractivity (Wildman–Crippen MR) is 148 cm³/mol. The fourth-order valence-electron chi connectivity index (χ4n) is 3.29. The number of rotatable bonds is 11. The van der Waals surface area contributed by atoms with Crippen molar-refractivity contribution < 1.29 is 28.6 Å². The van der Waals surface area contributed by atoms with E-state index in [-0.39, 0.29) is 12.4 Å². The highest BCUT2D eigenvalue weighted by molar-refractivity contribution is 6.30. The first-order valence-corrected chi connectivity index (χ1v) is 13.2. The molecule has 0 unspecified atom stereocenters. The summed E-state index contributed by atoms with van der Waals surface area (Å²) >= 11 is 12.0. The fraction of sp³-hybridized carbons (Fsp3) is 0.300. The second kappa shape index (κ2) is 14.0. The minimum absolute atomic E-state index is 0.241. The molecule has 0 aliphatic carbocycles. The van der Waals surface area contributed by atoms with Gasteiger partial charge in [0, 0.05) is 0 Å². The summed E-state index contributed by atoms with van der Waals surface area (Å²) in [5.74, 6) is -0.409. The van der Waals surface area contributed by atoms with Crippen molar-refractivity contribution in [2.24, 2.45) is 5.92 Å². The van der Waals surface area contributed by atoms with Crippen LogP contribution in [0.1, 0.15) is 43.1 Å². The molecule has 3 atom stereocenters. The van der Waals surface area contributed by atoms with Crippen LogP contribution in [-0.2, 0) is 20.7 Å². The number of alkyl halides is 2. The third-order valence-corrected chi connectivity index (χ3v) is 6.37. The highest BCUT2D eigenvalue weighted by Gasteiger charge is 2.19. The lowest BCUT2D eigenvalue weighted by Gasteiger charge is -2.11. The predicted octanol–water partition coefficient (Wildman–Crippen LogP) is 6.84. The normalized spacial score (nSPS) is 13.2. The summed E-state index contributed by atoms with van der Waals surface area (Å²) in [6.07, 6.45) is 1.19. The molecule has 0 saturated carbocycles. The third kappa shape index (κ3) is 8.61. The number of benzene rings is 3. The monoisotopic (exact) mass is 556 g/mol. The standard InChI is InChI=1S/C30H30Cl2O6/c1-4-19(2)18-36-29(34)24-9-7-22(8-10-24)23-11-15-26(16-12-23)38-30(35)27(32)17-21-5-13-25(14-6-21)37-28(33)20(3)31/h5-16,19-20,27H,4,17-18H2,1-3H3/t19-,20-,27-/m0/s1. The lowest BCUT2D eigenvalue weighted by Crippen LogP contribution is -2.23. The van der Waals surface area contributed by atoms with Crippen molar-refractivity contribution in [3.8, 4) is 22.6 Å². The van der Waals surface area contributed by atoms with Crippen LogP contribution in [0.5, 0.6) is 11.5 Å². The average molecular weight is 557 g/mol. The Morgan fingerprint density at radius 1 is 0.737 bits per heavy atom. The zero-order valence-electron chi connectivity index (χ0n) is 21.5. The van der Waals surface area contributed by atoms with Gasteiger partial charge < -0.3 is 14.2 Å². The van der Waals surface area contributed by atoms with E-state index in [9.17, 15) is 14.4 Å². The van der Waals surface area contributed by atoms with Gasteiger partial charge in [-0.25, -0.2) is 4.79 Å². The molecule has 0 fully saturated rings. The van der Waals surface area contributed by atoms with Crippen LogP contribution in [0.15, 0.2) is 72.8 Å². The van der Waals surface area contributed by atoms with Gasteiger partial charge in [0.15, 0.2) is 0 Å². The summed E-state index contributed by atoms with van der Waals surface area (Å²) in [6.45, 7) is 6.02. The minimum Gasteiger partial charge on any atom is -0.462 e. The highest BCUT2D eigenvalue weighted by atomic mass is 35.5. The Bertz CT molecular complexity index is 1220. The molecule has 0 heterocycles. The molecule has 6 nitrogen and oxygen atoms in total. The topological polar surface area (TPSA) is 78.9 Å². The van der Waals surface area contributed by atoms with Gasteiger partial charge >= 0.3 is 17.9 Å². The van der Waals surface area contributed by atoms with Crippen LogP contribution in [0, 0.1) is 5.92 Å². The van der Waals surface area contributed by atoms with Gasteiger partial charge in [-0.3, -0.25) is 9.59 Å². The van der Waals surface area contributed by atoms with Crippen molar-refractivity contribution in [3.63, 3.8) is 0 Å². The van der Waals surface area contributed by atoms with Gasteiger partial charge in [0.05, 0.1) is 12.2 Å². The molecular weight excluding hydrogens is 527 g/mol. The van der Waals surface area contributed by atoms with Gasteiger partial charge in [-0.15, -0.1) is 23.2 Å². The second-order valence-electron chi connectivity index (χ2n) is 8.99. The number of carbonyl (C=O) groups excluding carboxylic acids is 3. The van der Waals surface area contributed by atoms with E-state index >= 15 is 0 Å². The smallest absolute Gasteiger partial charge is 0.338 e. The molecule has 8 heteroatoms. The molecule has 0 N–H and O–H groups in total. The van der Waals surface area contributed by atoms with E-state index in [2.05, 4.69) is 6.92 Å². The van der Waals surface area contributed by atoms with Crippen LogP contribution in [0.25, 0.3) is 11.1 Å². The van der Waals surface area contributed by atoms with E-state index in [1.54, 1.807) is 48.5 Å². The summed E-state index contributed by atoms with van der Waals surface area (Å²) in [7, 11) is 0. The molecule has 0 amide bonds. The summed E-state index contributed by atoms with van der Waals surface area (Å²) < 4.78 is 15.9. The first-order valence-electron chi connectivity index (χ1n) is 12.3. The van der Waals surface area contributed by atoms with Crippen LogP contribution in [0.2, 0.25) is 0 Å². The summed E-state index contributed by atoms with van der Waals surface area (Å²) in [5, 5.41) is -1.65. The average Bonchev–Trinajstić information content (AvgIpc) is 2.92. The summed E-state index contributed by atoms with van der Waals surface area (Å²) in [4.78, 5) is 36.3. The maximum absolute atomic E-state index is 12.5.